The van der Waals surface area contributed by atoms with Crippen molar-refractivity contribution < 1.29 is 14.3 Å². The van der Waals surface area contributed by atoms with E-state index in [9.17, 15) is 4.79 Å². The molecule has 1 aliphatic heterocycles. The summed E-state index contributed by atoms with van der Waals surface area (Å²) in [5.41, 5.74) is 5.28. The van der Waals surface area contributed by atoms with Gasteiger partial charge in [0.15, 0.2) is 6.29 Å². The van der Waals surface area contributed by atoms with Crippen molar-refractivity contribution in [2.24, 2.45) is 5.73 Å². The first kappa shape index (κ1) is 11.4. The zero-order valence-corrected chi connectivity index (χ0v) is 8.73. The molecule has 5 nitrogen and oxygen atoms in total. The minimum atomic E-state index is -0.282. The largest absolute Gasteiger partial charge is 0.368 e. The summed E-state index contributed by atoms with van der Waals surface area (Å²) >= 11 is 0. The molecule has 1 aliphatic rings. The van der Waals surface area contributed by atoms with Crippen molar-refractivity contribution in [2.75, 3.05) is 27.3 Å². The van der Waals surface area contributed by atoms with Crippen LogP contribution < -0.4 is 5.73 Å². The standard InChI is InChI=1S/C9H18N2O3/c1-13-8(14-2)6-11-5-3-4-7(11)9(10)12/h7-8H,3-6H2,1-2H3,(H2,10,12). The van der Waals surface area contributed by atoms with Crippen molar-refractivity contribution in [2.45, 2.75) is 25.2 Å². The van der Waals surface area contributed by atoms with E-state index in [1.54, 1.807) is 14.2 Å². The molecule has 0 aliphatic carbocycles. The SMILES string of the molecule is COC(CN1CCCC1C(N)=O)OC. The number of nitrogens with two attached hydrogens (primary N) is 1. The Morgan fingerprint density at radius 1 is 1.57 bits per heavy atom. The van der Waals surface area contributed by atoms with Gasteiger partial charge in [-0.15, -0.1) is 0 Å². The zero-order chi connectivity index (χ0) is 10.6. The summed E-state index contributed by atoms with van der Waals surface area (Å²) in [5, 5.41) is 0. The average Bonchev–Trinajstić information content (AvgIpc) is 2.62. The second-order valence-corrected chi connectivity index (χ2v) is 3.46. The van der Waals surface area contributed by atoms with E-state index in [-0.39, 0.29) is 18.2 Å². The third kappa shape index (κ3) is 2.67. The molecule has 0 radical (unpaired) electrons. The minimum absolute atomic E-state index is 0.150. The van der Waals surface area contributed by atoms with Gasteiger partial charge in [0.05, 0.1) is 12.6 Å². The van der Waals surface area contributed by atoms with Crippen LogP contribution in [-0.2, 0) is 14.3 Å². The van der Waals surface area contributed by atoms with E-state index < -0.39 is 0 Å². The highest BCUT2D eigenvalue weighted by Crippen LogP contribution is 2.17. The van der Waals surface area contributed by atoms with E-state index >= 15 is 0 Å². The minimum Gasteiger partial charge on any atom is -0.368 e. The molecule has 1 saturated heterocycles. The number of carbonyl (C=O) groups excluding carboxylic acids is 1. The molecule has 5 heteroatoms. The Morgan fingerprint density at radius 2 is 2.21 bits per heavy atom. The maximum Gasteiger partial charge on any atom is 0.234 e. The van der Waals surface area contributed by atoms with Crippen molar-refractivity contribution in [3.63, 3.8) is 0 Å². The predicted molar refractivity (Wildman–Crippen MR) is 51.6 cm³/mol. The molecular weight excluding hydrogens is 184 g/mol. The first-order valence-electron chi connectivity index (χ1n) is 4.78. The molecule has 1 fully saturated rings. The number of hydrogen-bond donors (Lipinski definition) is 1. The lowest BCUT2D eigenvalue weighted by atomic mass is 10.2. The van der Waals surface area contributed by atoms with Crippen LogP contribution in [0.4, 0.5) is 0 Å². The first-order chi connectivity index (χ1) is 6.69. The summed E-state index contributed by atoms with van der Waals surface area (Å²) in [6, 6.07) is -0.150. The van der Waals surface area contributed by atoms with Gasteiger partial charge >= 0.3 is 0 Å². The van der Waals surface area contributed by atoms with Crippen LogP contribution in [0.5, 0.6) is 0 Å². The van der Waals surface area contributed by atoms with Gasteiger partial charge in [0, 0.05) is 14.2 Å². The van der Waals surface area contributed by atoms with Crippen molar-refractivity contribution in [1.82, 2.24) is 4.90 Å². The Bertz CT molecular complexity index is 194. The van der Waals surface area contributed by atoms with E-state index in [0.717, 1.165) is 19.4 Å². The molecule has 1 amide bonds. The maximum absolute atomic E-state index is 11.1. The number of methoxy groups -OCH3 is 2. The van der Waals surface area contributed by atoms with Gasteiger partial charge in [-0.25, -0.2) is 0 Å². The Labute approximate surface area is 84.1 Å². The van der Waals surface area contributed by atoms with Gasteiger partial charge in [0.25, 0.3) is 0 Å². The van der Waals surface area contributed by atoms with Crippen LogP contribution in [0.25, 0.3) is 0 Å². The van der Waals surface area contributed by atoms with E-state index in [1.807, 2.05) is 4.90 Å². The molecule has 14 heavy (non-hydrogen) atoms. The van der Waals surface area contributed by atoms with Crippen LogP contribution in [0, 0.1) is 0 Å². The van der Waals surface area contributed by atoms with E-state index in [4.69, 9.17) is 15.2 Å². The number of rotatable bonds is 5. The highest BCUT2D eigenvalue weighted by molar-refractivity contribution is 5.80. The lowest BCUT2D eigenvalue weighted by molar-refractivity contribution is -0.131. The average molecular weight is 202 g/mol. The normalized spacial score (nSPS) is 23.2. The van der Waals surface area contributed by atoms with Crippen molar-refractivity contribution in [3.05, 3.63) is 0 Å². The lowest BCUT2D eigenvalue weighted by Crippen LogP contribution is -2.44. The van der Waals surface area contributed by atoms with Crippen LogP contribution in [0.2, 0.25) is 0 Å². The summed E-state index contributed by atoms with van der Waals surface area (Å²) in [6.45, 7) is 1.48. The monoisotopic (exact) mass is 202 g/mol. The highest BCUT2D eigenvalue weighted by atomic mass is 16.7. The molecule has 0 aromatic heterocycles. The number of ether oxygens (including phenoxy) is 2. The predicted octanol–water partition coefficient (Wildman–Crippen LogP) is -0.445. The van der Waals surface area contributed by atoms with Crippen molar-refractivity contribution in [1.29, 1.82) is 0 Å². The Kier molecular flexibility index (Phi) is 4.31. The number of hydrogen-bond acceptors (Lipinski definition) is 4. The summed E-state index contributed by atoms with van der Waals surface area (Å²) in [7, 11) is 3.17. The Morgan fingerprint density at radius 3 is 2.71 bits per heavy atom. The summed E-state index contributed by atoms with van der Waals surface area (Å²) in [4.78, 5) is 13.1. The summed E-state index contributed by atoms with van der Waals surface area (Å²) in [6.07, 6.45) is 1.57. The smallest absolute Gasteiger partial charge is 0.234 e. The molecular formula is C9H18N2O3. The lowest BCUT2D eigenvalue weighted by Gasteiger charge is -2.25. The van der Waals surface area contributed by atoms with Crippen molar-refractivity contribution >= 4 is 5.91 Å². The first-order valence-corrected chi connectivity index (χ1v) is 4.78. The molecule has 1 rings (SSSR count). The molecule has 1 atom stereocenters. The quantitative estimate of drug-likeness (QED) is 0.614. The third-order valence-corrected chi connectivity index (χ3v) is 2.60. The molecule has 0 aromatic rings. The molecule has 0 spiro atoms. The van der Waals surface area contributed by atoms with Gasteiger partial charge in [0.1, 0.15) is 0 Å². The van der Waals surface area contributed by atoms with Crippen molar-refractivity contribution in [3.8, 4) is 0 Å². The number of carbonyl (C=O) groups is 1. The van der Waals surface area contributed by atoms with Crippen LogP contribution in [0.1, 0.15) is 12.8 Å². The van der Waals surface area contributed by atoms with E-state index in [2.05, 4.69) is 0 Å². The molecule has 2 N–H and O–H groups in total. The van der Waals surface area contributed by atoms with Crippen LogP contribution >= 0.6 is 0 Å². The van der Waals surface area contributed by atoms with Gasteiger partial charge in [-0.05, 0) is 19.4 Å². The molecule has 0 aromatic carbocycles. The summed E-state index contributed by atoms with van der Waals surface area (Å²) in [5.74, 6) is -0.256. The molecule has 1 heterocycles. The van der Waals surface area contributed by atoms with E-state index in [0.29, 0.717) is 6.54 Å². The van der Waals surface area contributed by atoms with Gasteiger partial charge in [-0.1, -0.05) is 0 Å². The fourth-order valence-electron chi connectivity index (χ4n) is 1.80. The zero-order valence-electron chi connectivity index (χ0n) is 8.73. The van der Waals surface area contributed by atoms with Gasteiger partial charge in [-0.3, -0.25) is 9.69 Å². The Hall–Kier alpha value is -0.650. The van der Waals surface area contributed by atoms with Crippen LogP contribution in [-0.4, -0.2) is 50.4 Å². The maximum atomic E-state index is 11.1. The fourth-order valence-corrected chi connectivity index (χ4v) is 1.80. The second kappa shape index (κ2) is 5.29. The fraction of sp³-hybridized carbons (Fsp3) is 0.889. The van der Waals surface area contributed by atoms with Gasteiger partial charge in [0.2, 0.25) is 5.91 Å². The number of amides is 1. The number of likely N-dealkylation sites (tertiary alicyclic amines) is 1. The molecule has 82 valence electrons. The van der Waals surface area contributed by atoms with Crippen LogP contribution in [0.3, 0.4) is 0 Å². The highest BCUT2D eigenvalue weighted by Gasteiger charge is 2.30. The topological polar surface area (TPSA) is 64.8 Å². The second-order valence-electron chi connectivity index (χ2n) is 3.46. The number of nitrogens with zero attached hydrogens (tertiary/aromatic N) is 1. The third-order valence-electron chi connectivity index (χ3n) is 2.60. The molecule has 0 saturated carbocycles. The summed E-state index contributed by atoms with van der Waals surface area (Å²) < 4.78 is 10.1. The van der Waals surface area contributed by atoms with Gasteiger partial charge < -0.3 is 15.2 Å². The number of primary amides is 1. The molecule has 1 unspecified atom stereocenters. The van der Waals surface area contributed by atoms with E-state index in [1.165, 1.54) is 0 Å². The van der Waals surface area contributed by atoms with Gasteiger partial charge in [-0.2, -0.15) is 0 Å². The van der Waals surface area contributed by atoms with Crippen LogP contribution in [0.15, 0.2) is 0 Å². The Balaban J connectivity index is 2.46. The molecule has 0 bridgehead atoms.